The van der Waals surface area contributed by atoms with Crippen LogP contribution in [0.1, 0.15) is 101 Å². The Kier molecular flexibility index (Phi) is 8.17. The van der Waals surface area contributed by atoms with E-state index in [4.69, 9.17) is 0 Å². The number of piperidine rings is 1. The molecule has 3 N–H and O–H groups in total. The van der Waals surface area contributed by atoms with Crippen LogP contribution in [0.15, 0.2) is 24.3 Å². The first-order valence-corrected chi connectivity index (χ1v) is 14.6. The van der Waals surface area contributed by atoms with Crippen molar-refractivity contribution in [2.75, 3.05) is 5.32 Å². The summed E-state index contributed by atoms with van der Waals surface area (Å²) in [5, 5.41) is 8.39. The Balaban J connectivity index is 1.18. The highest BCUT2D eigenvalue weighted by Crippen LogP contribution is 2.33. The minimum absolute atomic E-state index is 0.0103. The molecule has 0 spiro atoms. The molecule has 10 heteroatoms. The van der Waals surface area contributed by atoms with Gasteiger partial charge in [0.2, 0.25) is 17.7 Å². The molecular weight excluding hydrogens is 539 g/mol. The average molecular weight is 577 g/mol. The second-order valence-electron chi connectivity index (χ2n) is 12.0. The van der Waals surface area contributed by atoms with Gasteiger partial charge in [0.1, 0.15) is 11.9 Å². The summed E-state index contributed by atoms with van der Waals surface area (Å²) in [5.74, 6) is -2.99. The Morgan fingerprint density at radius 1 is 0.976 bits per heavy atom. The van der Waals surface area contributed by atoms with E-state index >= 15 is 4.39 Å². The van der Waals surface area contributed by atoms with Crippen LogP contribution in [0.3, 0.4) is 0 Å². The summed E-state index contributed by atoms with van der Waals surface area (Å²) in [6.07, 6.45) is 2.61. The van der Waals surface area contributed by atoms with E-state index in [1.54, 1.807) is 0 Å². The summed E-state index contributed by atoms with van der Waals surface area (Å²) in [6, 6.07) is 5.43. The van der Waals surface area contributed by atoms with E-state index in [1.165, 1.54) is 22.8 Å². The van der Waals surface area contributed by atoms with E-state index in [9.17, 15) is 24.0 Å². The van der Waals surface area contributed by atoms with E-state index in [0.717, 1.165) is 16.5 Å². The van der Waals surface area contributed by atoms with Gasteiger partial charge in [-0.3, -0.25) is 34.2 Å². The number of nitrogens with zero attached hydrogens (tertiary/aromatic N) is 1. The number of nitrogens with one attached hydrogen (secondary N) is 3. The maximum absolute atomic E-state index is 15.1. The molecule has 2 aromatic rings. The van der Waals surface area contributed by atoms with Crippen molar-refractivity contribution in [2.45, 2.75) is 90.8 Å². The number of carbonyl (C=O) groups excluding carboxylic acids is 5. The monoisotopic (exact) mass is 576 g/mol. The van der Waals surface area contributed by atoms with Crippen molar-refractivity contribution in [3.8, 4) is 0 Å². The molecule has 222 valence electrons. The van der Waals surface area contributed by atoms with E-state index in [0.29, 0.717) is 38.1 Å². The van der Waals surface area contributed by atoms with Gasteiger partial charge in [-0.2, -0.15) is 0 Å². The number of benzene rings is 2. The first-order valence-electron chi connectivity index (χ1n) is 14.6. The van der Waals surface area contributed by atoms with Crippen LogP contribution in [0.2, 0.25) is 0 Å². The summed E-state index contributed by atoms with van der Waals surface area (Å²) in [4.78, 5) is 63.6. The fourth-order valence-electron chi connectivity index (χ4n) is 6.32. The maximum atomic E-state index is 15.1. The SMILES string of the molecule is Cc1cc(CNC(=O)[C@H]2CC[C@H](Nc3cc4c(cc3F)C(=O)N(C3CCC(=O)NC3=O)C4=O)CC2)cc(C(C)C)c1C. The zero-order valence-electron chi connectivity index (χ0n) is 24.4. The van der Waals surface area contributed by atoms with Crippen LogP contribution < -0.4 is 16.0 Å². The van der Waals surface area contributed by atoms with Gasteiger partial charge in [-0.15, -0.1) is 0 Å². The van der Waals surface area contributed by atoms with Crippen molar-refractivity contribution in [3.05, 3.63) is 63.5 Å². The van der Waals surface area contributed by atoms with Gasteiger partial charge >= 0.3 is 0 Å². The van der Waals surface area contributed by atoms with Crippen molar-refractivity contribution in [1.29, 1.82) is 0 Å². The van der Waals surface area contributed by atoms with Crippen LogP contribution in [0, 0.1) is 25.6 Å². The molecule has 1 saturated heterocycles. The Labute approximate surface area is 244 Å². The number of rotatable bonds is 7. The largest absolute Gasteiger partial charge is 0.380 e. The Morgan fingerprint density at radius 2 is 1.64 bits per heavy atom. The number of aryl methyl sites for hydroxylation is 1. The molecule has 2 fully saturated rings. The summed E-state index contributed by atoms with van der Waals surface area (Å²) in [5.41, 5.74) is 4.90. The van der Waals surface area contributed by atoms with Crippen molar-refractivity contribution >= 4 is 35.2 Å². The number of carbonyl (C=O) groups is 5. The van der Waals surface area contributed by atoms with Crippen LogP contribution in [-0.4, -0.2) is 46.5 Å². The Hall–Kier alpha value is -4.08. The van der Waals surface area contributed by atoms with Crippen molar-refractivity contribution in [3.63, 3.8) is 0 Å². The van der Waals surface area contributed by atoms with Gasteiger partial charge in [-0.1, -0.05) is 26.0 Å². The van der Waals surface area contributed by atoms with E-state index in [2.05, 4.69) is 55.8 Å². The van der Waals surface area contributed by atoms with Crippen molar-refractivity contribution in [2.24, 2.45) is 5.92 Å². The fourth-order valence-corrected chi connectivity index (χ4v) is 6.32. The lowest BCUT2D eigenvalue weighted by Gasteiger charge is -2.29. The highest BCUT2D eigenvalue weighted by molar-refractivity contribution is 6.23. The minimum atomic E-state index is -1.11. The molecule has 9 nitrogen and oxygen atoms in total. The van der Waals surface area contributed by atoms with Gasteiger partial charge in [0, 0.05) is 24.9 Å². The summed E-state index contributed by atoms with van der Waals surface area (Å²) < 4.78 is 15.1. The lowest BCUT2D eigenvalue weighted by Crippen LogP contribution is -2.54. The molecule has 1 unspecified atom stereocenters. The van der Waals surface area contributed by atoms with E-state index in [-0.39, 0.29) is 47.5 Å². The Morgan fingerprint density at radius 3 is 2.29 bits per heavy atom. The normalized spacial score (nSPS) is 22.3. The molecule has 42 heavy (non-hydrogen) atoms. The zero-order chi connectivity index (χ0) is 30.3. The van der Waals surface area contributed by atoms with E-state index < -0.39 is 35.5 Å². The van der Waals surface area contributed by atoms with Gasteiger partial charge in [0.05, 0.1) is 16.8 Å². The highest BCUT2D eigenvalue weighted by atomic mass is 19.1. The number of fused-ring (bicyclic) bond motifs is 1. The third-order valence-corrected chi connectivity index (χ3v) is 8.84. The second-order valence-corrected chi connectivity index (χ2v) is 12.0. The molecule has 5 rings (SSSR count). The van der Waals surface area contributed by atoms with E-state index in [1.807, 2.05) is 0 Å². The van der Waals surface area contributed by atoms with Crippen LogP contribution in [0.25, 0.3) is 0 Å². The number of hydrogen-bond acceptors (Lipinski definition) is 6. The minimum Gasteiger partial charge on any atom is -0.380 e. The number of imide groups is 2. The van der Waals surface area contributed by atoms with Crippen LogP contribution in [0.5, 0.6) is 0 Å². The van der Waals surface area contributed by atoms with Gasteiger partial charge in [-0.25, -0.2) is 4.39 Å². The fraction of sp³-hybridized carbons (Fsp3) is 0.469. The van der Waals surface area contributed by atoms with Gasteiger partial charge in [-0.05, 0) is 86.3 Å². The molecule has 1 saturated carbocycles. The molecule has 5 amide bonds. The third-order valence-electron chi connectivity index (χ3n) is 8.84. The van der Waals surface area contributed by atoms with Gasteiger partial charge in [0.25, 0.3) is 11.8 Å². The average Bonchev–Trinajstić information content (AvgIpc) is 3.18. The molecule has 0 radical (unpaired) electrons. The summed E-state index contributed by atoms with van der Waals surface area (Å²) in [6.45, 7) is 9.02. The number of halogens is 1. The lowest BCUT2D eigenvalue weighted by atomic mass is 9.85. The second kappa shape index (κ2) is 11.7. The van der Waals surface area contributed by atoms with Crippen LogP contribution in [0.4, 0.5) is 10.1 Å². The molecule has 3 aliphatic rings. The molecule has 1 aliphatic carbocycles. The Bertz CT molecular complexity index is 1480. The summed E-state index contributed by atoms with van der Waals surface area (Å²) in [7, 11) is 0. The molecule has 2 aromatic carbocycles. The van der Waals surface area contributed by atoms with Crippen LogP contribution in [-0.2, 0) is 20.9 Å². The summed E-state index contributed by atoms with van der Waals surface area (Å²) >= 11 is 0. The number of hydrogen-bond donors (Lipinski definition) is 3. The zero-order valence-corrected chi connectivity index (χ0v) is 24.4. The standard InChI is InChI=1S/C32H37FN4O5/c1-16(2)22-12-19(11-17(3)18(22)4)15-34-29(39)20-5-7-21(8-6-20)35-26-14-24-23(13-25(26)33)31(41)37(32(24)42)27-9-10-28(38)36-30(27)40/h11-14,16,20-21,27,35H,5-10,15H2,1-4H3,(H,34,39)(H,36,38,40)/t20-,21-,27?. The molecule has 0 aromatic heterocycles. The topological polar surface area (TPSA) is 125 Å². The smallest absolute Gasteiger partial charge is 0.262 e. The predicted octanol–water partition coefficient (Wildman–Crippen LogP) is 4.25. The van der Waals surface area contributed by atoms with Gasteiger partial charge in [0.15, 0.2) is 0 Å². The molecule has 1 atom stereocenters. The first kappa shape index (κ1) is 29.4. The molecule has 2 aliphatic heterocycles. The van der Waals surface area contributed by atoms with Crippen molar-refractivity contribution < 1.29 is 28.4 Å². The number of anilines is 1. The van der Waals surface area contributed by atoms with Crippen LogP contribution >= 0.6 is 0 Å². The number of amides is 5. The predicted molar refractivity (Wildman–Crippen MR) is 154 cm³/mol. The quantitative estimate of drug-likeness (QED) is 0.423. The van der Waals surface area contributed by atoms with Crippen molar-refractivity contribution in [1.82, 2.24) is 15.5 Å². The maximum Gasteiger partial charge on any atom is 0.262 e. The molecule has 0 bridgehead atoms. The highest BCUT2D eigenvalue weighted by Gasteiger charge is 2.45. The molecule has 2 heterocycles. The van der Waals surface area contributed by atoms with Gasteiger partial charge < -0.3 is 10.6 Å². The molecular formula is C32H37FN4O5. The lowest BCUT2D eigenvalue weighted by molar-refractivity contribution is -0.136. The third kappa shape index (κ3) is 5.67. The first-order chi connectivity index (χ1) is 19.9.